The van der Waals surface area contributed by atoms with E-state index >= 15 is 0 Å². The maximum Gasteiger partial charge on any atom is 0.308 e. The molecule has 1 saturated heterocycles. The minimum absolute atomic E-state index is 0.0818. The molecule has 23 heavy (non-hydrogen) atoms. The topological polar surface area (TPSA) is 75.6 Å². The number of aliphatic carboxylic acids is 1. The summed E-state index contributed by atoms with van der Waals surface area (Å²) in [6.07, 6.45) is 2.54. The standard InChI is InChI=1S/C18H25NO4/c1-13-3-2-4-14(11-13)5-6-17(20)19-12-16(18(21)22)15-7-9-23-10-8-15/h2-4,11,15-16H,5-10,12H2,1H3,(H,19,20)(H,21,22). The average molecular weight is 319 g/mol. The lowest BCUT2D eigenvalue weighted by Gasteiger charge is -2.27. The van der Waals surface area contributed by atoms with Crippen LogP contribution in [0.3, 0.4) is 0 Å². The average Bonchev–Trinajstić information content (AvgIpc) is 2.54. The van der Waals surface area contributed by atoms with Crippen molar-refractivity contribution in [3.63, 3.8) is 0 Å². The first-order valence-corrected chi connectivity index (χ1v) is 8.19. The van der Waals surface area contributed by atoms with Crippen molar-refractivity contribution in [1.29, 1.82) is 0 Å². The largest absolute Gasteiger partial charge is 0.481 e. The van der Waals surface area contributed by atoms with Gasteiger partial charge in [-0.25, -0.2) is 0 Å². The Bertz CT molecular complexity index is 538. The number of carboxylic acid groups (broad SMARTS) is 1. The van der Waals surface area contributed by atoms with Crippen molar-refractivity contribution in [3.05, 3.63) is 35.4 Å². The van der Waals surface area contributed by atoms with Gasteiger partial charge in [-0.1, -0.05) is 29.8 Å². The molecule has 1 aromatic rings. The quantitative estimate of drug-likeness (QED) is 0.807. The molecule has 0 aromatic heterocycles. The molecule has 0 radical (unpaired) electrons. The normalized spacial score (nSPS) is 16.7. The molecule has 1 heterocycles. The van der Waals surface area contributed by atoms with Gasteiger partial charge < -0.3 is 15.2 Å². The molecule has 5 nitrogen and oxygen atoms in total. The number of ether oxygens (including phenoxy) is 1. The Morgan fingerprint density at radius 3 is 2.74 bits per heavy atom. The molecule has 2 N–H and O–H groups in total. The van der Waals surface area contributed by atoms with E-state index in [1.54, 1.807) is 0 Å². The highest BCUT2D eigenvalue weighted by molar-refractivity contribution is 5.77. The number of carbonyl (C=O) groups is 2. The van der Waals surface area contributed by atoms with Crippen molar-refractivity contribution < 1.29 is 19.4 Å². The number of hydrogen-bond acceptors (Lipinski definition) is 3. The molecule has 1 fully saturated rings. The molecule has 5 heteroatoms. The Morgan fingerprint density at radius 2 is 2.09 bits per heavy atom. The van der Waals surface area contributed by atoms with Crippen LogP contribution in [0.4, 0.5) is 0 Å². The first-order valence-electron chi connectivity index (χ1n) is 8.19. The van der Waals surface area contributed by atoms with E-state index in [9.17, 15) is 14.7 Å². The lowest BCUT2D eigenvalue weighted by Crippen LogP contribution is -2.39. The van der Waals surface area contributed by atoms with Crippen molar-refractivity contribution in [3.8, 4) is 0 Å². The predicted octanol–water partition coefficient (Wildman–Crippen LogP) is 2.17. The van der Waals surface area contributed by atoms with Gasteiger partial charge in [0.1, 0.15) is 0 Å². The van der Waals surface area contributed by atoms with Crippen LogP contribution in [0.25, 0.3) is 0 Å². The number of benzene rings is 1. The number of hydrogen-bond donors (Lipinski definition) is 2. The van der Waals surface area contributed by atoms with E-state index in [1.165, 1.54) is 5.56 Å². The zero-order valence-electron chi connectivity index (χ0n) is 13.6. The van der Waals surface area contributed by atoms with Gasteiger partial charge in [-0.3, -0.25) is 9.59 Å². The van der Waals surface area contributed by atoms with Gasteiger partial charge in [-0.2, -0.15) is 0 Å². The van der Waals surface area contributed by atoms with Crippen LogP contribution in [0.15, 0.2) is 24.3 Å². The molecule has 1 unspecified atom stereocenters. The van der Waals surface area contributed by atoms with Crippen LogP contribution in [0.2, 0.25) is 0 Å². The van der Waals surface area contributed by atoms with E-state index in [1.807, 2.05) is 25.1 Å². The van der Waals surface area contributed by atoms with Gasteiger partial charge in [0.25, 0.3) is 0 Å². The van der Waals surface area contributed by atoms with Gasteiger partial charge in [0.15, 0.2) is 0 Å². The summed E-state index contributed by atoms with van der Waals surface area (Å²) in [5.41, 5.74) is 2.30. The molecule has 1 amide bonds. The minimum atomic E-state index is -0.837. The summed E-state index contributed by atoms with van der Waals surface area (Å²) in [6, 6.07) is 8.07. The third-order valence-corrected chi connectivity index (χ3v) is 4.39. The lowest BCUT2D eigenvalue weighted by molar-refractivity contribution is -0.144. The second kappa shape index (κ2) is 8.67. The van der Waals surface area contributed by atoms with Crippen LogP contribution in [-0.2, 0) is 20.7 Å². The fourth-order valence-corrected chi connectivity index (χ4v) is 3.01. The fourth-order valence-electron chi connectivity index (χ4n) is 3.01. The van der Waals surface area contributed by atoms with Crippen molar-refractivity contribution >= 4 is 11.9 Å². The van der Waals surface area contributed by atoms with E-state index in [4.69, 9.17) is 4.74 Å². The van der Waals surface area contributed by atoms with E-state index in [0.29, 0.717) is 26.1 Å². The predicted molar refractivity (Wildman–Crippen MR) is 87.2 cm³/mol. The summed E-state index contributed by atoms with van der Waals surface area (Å²) in [4.78, 5) is 23.4. The van der Waals surface area contributed by atoms with E-state index in [2.05, 4.69) is 11.4 Å². The summed E-state index contributed by atoms with van der Waals surface area (Å²) >= 11 is 0. The van der Waals surface area contributed by atoms with Gasteiger partial charge >= 0.3 is 5.97 Å². The minimum Gasteiger partial charge on any atom is -0.481 e. The van der Waals surface area contributed by atoms with Crippen molar-refractivity contribution in [2.24, 2.45) is 11.8 Å². The van der Waals surface area contributed by atoms with Gasteiger partial charge in [-0.15, -0.1) is 0 Å². The maximum atomic E-state index is 12.0. The lowest BCUT2D eigenvalue weighted by atomic mass is 9.86. The summed E-state index contributed by atoms with van der Waals surface area (Å²) in [5.74, 6) is -1.37. The number of aryl methyl sites for hydroxylation is 2. The molecule has 0 aliphatic carbocycles. The number of nitrogens with one attached hydrogen (secondary N) is 1. The monoisotopic (exact) mass is 319 g/mol. The van der Waals surface area contributed by atoms with Gasteiger partial charge in [0.2, 0.25) is 5.91 Å². The van der Waals surface area contributed by atoms with Crippen molar-refractivity contribution in [2.75, 3.05) is 19.8 Å². The smallest absolute Gasteiger partial charge is 0.308 e. The third-order valence-electron chi connectivity index (χ3n) is 4.39. The zero-order valence-corrected chi connectivity index (χ0v) is 13.6. The molecule has 126 valence electrons. The molecule has 0 bridgehead atoms. The highest BCUT2D eigenvalue weighted by Crippen LogP contribution is 2.23. The number of carbonyl (C=O) groups excluding carboxylic acids is 1. The Labute approximate surface area is 137 Å². The Morgan fingerprint density at radius 1 is 1.35 bits per heavy atom. The molecule has 1 aromatic carbocycles. The van der Waals surface area contributed by atoms with Crippen LogP contribution >= 0.6 is 0 Å². The van der Waals surface area contributed by atoms with E-state index in [0.717, 1.165) is 18.4 Å². The molecule has 0 spiro atoms. The second-order valence-corrected chi connectivity index (χ2v) is 6.19. The zero-order chi connectivity index (χ0) is 16.7. The fraction of sp³-hybridized carbons (Fsp3) is 0.556. The maximum absolute atomic E-state index is 12.0. The summed E-state index contributed by atoms with van der Waals surface area (Å²) in [5, 5.41) is 12.2. The first-order chi connectivity index (χ1) is 11.1. The highest BCUT2D eigenvalue weighted by Gasteiger charge is 2.29. The molecule has 2 rings (SSSR count). The highest BCUT2D eigenvalue weighted by atomic mass is 16.5. The van der Waals surface area contributed by atoms with Crippen LogP contribution in [-0.4, -0.2) is 36.7 Å². The molecule has 1 aliphatic heterocycles. The molecule has 0 saturated carbocycles. The number of carboxylic acids is 1. The molecular weight excluding hydrogens is 294 g/mol. The summed E-state index contributed by atoms with van der Waals surface area (Å²) < 4.78 is 5.27. The second-order valence-electron chi connectivity index (χ2n) is 6.19. The SMILES string of the molecule is Cc1cccc(CCC(=O)NCC(C(=O)O)C2CCOCC2)c1. The number of rotatable bonds is 7. The Balaban J connectivity index is 1.78. The van der Waals surface area contributed by atoms with Crippen LogP contribution in [0, 0.1) is 18.8 Å². The van der Waals surface area contributed by atoms with Gasteiger partial charge in [0.05, 0.1) is 5.92 Å². The third kappa shape index (κ3) is 5.67. The number of amides is 1. The van der Waals surface area contributed by atoms with Crippen molar-refractivity contribution in [2.45, 2.75) is 32.6 Å². The Hall–Kier alpha value is -1.88. The van der Waals surface area contributed by atoms with E-state index in [-0.39, 0.29) is 18.4 Å². The molecular formula is C18H25NO4. The van der Waals surface area contributed by atoms with Crippen LogP contribution in [0.1, 0.15) is 30.4 Å². The van der Waals surface area contributed by atoms with Crippen LogP contribution in [0.5, 0.6) is 0 Å². The van der Waals surface area contributed by atoms with Gasteiger partial charge in [-0.05, 0) is 37.7 Å². The summed E-state index contributed by atoms with van der Waals surface area (Å²) in [7, 11) is 0. The first kappa shape index (κ1) is 17.5. The molecule has 1 aliphatic rings. The van der Waals surface area contributed by atoms with Gasteiger partial charge in [0, 0.05) is 26.2 Å². The van der Waals surface area contributed by atoms with Crippen molar-refractivity contribution in [1.82, 2.24) is 5.32 Å². The Kier molecular flexibility index (Phi) is 6.59. The summed E-state index contributed by atoms with van der Waals surface area (Å²) in [6.45, 7) is 3.44. The molecule has 1 atom stereocenters. The van der Waals surface area contributed by atoms with E-state index < -0.39 is 11.9 Å². The van der Waals surface area contributed by atoms with Crippen LogP contribution < -0.4 is 5.32 Å².